The van der Waals surface area contributed by atoms with Crippen molar-refractivity contribution in [2.45, 2.75) is 11.8 Å². The molecule has 2 aromatic carbocycles. The summed E-state index contributed by atoms with van der Waals surface area (Å²) in [5, 5.41) is 0. The van der Waals surface area contributed by atoms with E-state index < -0.39 is 28.4 Å². The number of nitrogens with one attached hydrogen (secondary N) is 2. The van der Waals surface area contributed by atoms with Gasteiger partial charge in [0.25, 0.3) is 21.8 Å². The molecule has 2 aromatic rings. The van der Waals surface area contributed by atoms with Gasteiger partial charge in [0.2, 0.25) is 0 Å². The first-order valence-electron chi connectivity index (χ1n) is 9.49. The summed E-state index contributed by atoms with van der Waals surface area (Å²) in [6, 6.07) is 11.3. The predicted octanol–water partition coefficient (Wildman–Crippen LogP) is 2.22. The fourth-order valence-electron chi connectivity index (χ4n) is 2.81. The zero-order valence-corrected chi connectivity index (χ0v) is 20.4. The molecule has 1 aliphatic rings. The van der Waals surface area contributed by atoms with Crippen molar-refractivity contribution in [2.75, 3.05) is 20.8 Å². The molecule has 0 spiro atoms. The van der Waals surface area contributed by atoms with Gasteiger partial charge in [-0.1, -0.05) is 47.7 Å². The van der Waals surface area contributed by atoms with Gasteiger partial charge >= 0.3 is 0 Å². The molecule has 2 N–H and O–H groups in total. The minimum Gasteiger partial charge on any atom is -0.493 e. The summed E-state index contributed by atoms with van der Waals surface area (Å²) in [7, 11) is -0.924. The summed E-state index contributed by atoms with van der Waals surface area (Å²) < 4.78 is 35.3. The number of nitrogens with zero attached hydrogens (tertiary/aromatic N) is 1. The second-order valence-corrected chi connectivity index (χ2v) is 10.2. The summed E-state index contributed by atoms with van der Waals surface area (Å²) in [4.78, 5) is 28.5. The molecule has 1 aliphatic heterocycles. The maximum atomic E-state index is 12.8. The van der Waals surface area contributed by atoms with Crippen LogP contribution in [0.1, 0.15) is 11.1 Å². The predicted molar refractivity (Wildman–Crippen MR) is 129 cm³/mol. The van der Waals surface area contributed by atoms with E-state index in [1.165, 1.54) is 26.4 Å². The number of benzene rings is 2. The number of hydrazine groups is 1. The van der Waals surface area contributed by atoms with Gasteiger partial charge in [0.1, 0.15) is 10.9 Å². The number of carbonyl (C=O) groups excluding carboxylic acids is 2. The number of methoxy groups -OCH3 is 2. The Bertz CT molecular complexity index is 1230. The van der Waals surface area contributed by atoms with Crippen LogP contribution in [-0.4, -0.2) is 50.2 Å². The summed E-state index contributed by atoms with van der Waals surface area (Å²) >= 11 is 6.27. The van der Waals surface area contributed by atoms with E-state index >= 15 is 0 Å². The van der Waals surface area contributed by atoms with Crippen molar-refractivity contribution in [1.29, 1.82) is 0 Å². The minimum atomic E-state index is -3.95. The zero-order chi connectivity index (χ0) is 24.2. The minimum absolute atomic E-state index is 0.00290. The van der Waals surface area contributed by atoms with Crippen LogP contribution in [-0.2, 0) is 19.6 Å². The molecule has 1 fully saturated rings. The molecule has 1 heterocycles. The van der Waals surface area contributed by atoms with Crippen LogP contribution in [0.2, 0.25) is 0 Å². The molecule has 33 heavy (non-hydrogen) atoms. The van der Waals surface area contributed by atoms with Crippen molar-refractivity contribution < 1.29 is 27.5 Å². The molecule has 0 unspecified atom stereocenters. The van der Waals surface area contributed by atoms with Crippen LogP contribution in [0.4, 0.5) is 0 Å². The molecule has 174 valence electrons. The van der Waals surface area contributed by atoms with E-state index in [1.54, 1.807) is 36.4 Å². The number of aryl methyl sites for hydroxylation is 1. The average Bonchev–Trinajstić information content (AvgIpc) is 3.05. The largest absolute Gasteiger partial charge is 0.493 e. The summed E-state index contributed by atoms with van der Waals surface area (Å²) in [5.41, 5.74) is 3.69. The maximum Gasteiger partial charge on any atom is 0.266 e. The van der Waals surface area contributed by atoms with Crippen LogP contribution in [0.25, 0.3) is 6.08 Å². The Morgan fingerprint density at radius 3 is 2.42 bits per heavy atom. The first-order valence-corrected chi connectivity index (χ1v) is 12.2. The lowest BCUT2D eigenvalue weighted by atomic mass is 10.2. The SMILES string of the molecule is COc1ccc(C=C2SC(=S)N(CC(=O)NNS(=O)(=O)c3ccc(C)cc3)C2=O)cc1OC. The van der Waals surface area contributed by atoms with Gasteiger partial charge in [0.05, 0.1) is 24.0 Å². The molecule has 0 bridgehead atoms. The summed E-state index contributed by atoms with van der Waals surface area (Å²) in [6.45, 7) is 1.39. The highest BCUT2D eigenvalue weighted by atomic mass is 32.2. The van der Waals surface area contributed by atoms with Gasteiger partial charge in [-0.2, -0.15) is 0 Å². The quantitative estimate of drug-likeness (QED) is 0.318. The van der Waals surface area contributed by atoms with Crippen molar-refractivity contribution in [3.63, 3.8) is 0 Å². The van der Waals surface area contributed by atoms with E-state index in [1.807, 2.05) is 11.8 Å². The van der Waals surface area contributed by atoms with Crippen molar-refractivity contribution in [3.05, 3.63) is 58.5 Å². The van der Waals surface area contributed by atoms with E-state index in [0.29, 0.717) is 22.0 Å². The van der Waals surface area contributed by atoms with Crippen molar-refractivity contribution >= 4 is 56.2 Å². The van der Waals surface area contributed by atoms with Crippen molar-refractivity contribution in [3.8, 4) is 11.5 Å². The Labute approximate surface area is 201 Å². The molecule has 12 heteroatoms. The van der Waals surface area contributed by atoms with Crippen LogP contribution in [0, 0.1) is 6.92 Å². The number of carbonyl (C=O) groups is 2. The first-order chi connectivity index (χ1) is 15.6. The van der Waals surface area contributed by atoms with Crippen LogP contribution < -0.4 is 19.7 Å². The Morgan fingerprint density at radius 2 is 1.79 bits per heavy atom. The van der Waals surface area contributed by atoms with Crippen LogP contribution >= 0.6 is 24.0 Å². The molecule has 3 rings (SSSR count). The van der Waals surface area contributed by atoms with E-state index in [0.717, 1.165) is 22.2 Å². The summed E-state index contributed by atoms with van der Waals surface area (Å²) in [6.07, 6.45) is 1.62. The zero-order valence-electron chi connectivity index (χ0n) is 17.9. The Morgan fingerprint density at radius 1 is 1.12 bits per heavy atom. The normalized spacial score (nSPS) is 15.1. The highest BCUT2D eigenvalue weighted by Crippen LogP contribution is 2.34. The number of hydrogen-bond acceptors (Lipinski definition) is 8. The molecule has 0 radical (unpaired) electrons. The lowest BCUT2D eigenvalue weighted by Crippen LogP contribution is -2.47. The van der Waals surface area contributed by atoms with Crippen LogP contribution in [0.3, 0.4) is 0 Å². The molecular weight excluding hydrogens is 486 g/mol. The van der Waals surface area contributed by atoms with Crippen LogP contribution in [0.15, 0.2) is 52.3 Å². The van der Waals surface area contributed by atoms with Gasteiger partial charge in [-0.05, 0) is 42.8 Å². The molecule has 0 saturated carbocycles. The fraction of sp³-hybridized carbons (Fsp3) is 0.190. The monoisotopic (exact) mass is 507 g/mol. The Balaban J connectivity index is 1.65. The van der Waals surface area contributed by atoms with Gasteiger partial charge in [-0.15, -0.1) is 4.83 Å². The number of rotatable bonds is 8. The molecular formula is C21H21N3O6S3. The standard InChI is InChI=1S/C21H21N3O6S3/c1-13-4-7-15(8-5-13)33(27,28)23-22-19(25)12-24-20(26)18(32-21(24)31)11-14-6-9-16(29-2)17(10-14)30-3/h4-11,23H,12H2,1-3H3,(H,22,25). The second kappa shape index (κ2) is 10.3. The fourth-order valence-corrected chi connectivity index (χ4v) is 4.93. The third-order valence-corrected chi connectivity index (χ3v) is 7.18. The Hall–Kier alpha value is -2.93. The summed E-state index contributed by atoms with van der Waals surface area (Å²) in [5.74, 6) is -0.153. The highest BCUT2D eigenvalue weighted by Gasteiger charge is 2.33. The average molecular weight is 508 g/mol. The van der Waals surface area contributed by atoms with Crippen molar-refractivity contribution in [1.82, 2.24) is 15.2 Å². The number of sulfonamides is 1. The smallest absolute Gasteiger partial charge is 0.266 e. The third-order valence-electron chi connectivity index (χ3n) is 4.54. The third kappa shape index (κ3) is 5.90. The van der Waals surface area contributed by atoms with E-state index in [9.17, 15) is 18.0 Å². The second-order valence-electron chi connectivity index (χ2n) is 6.85. The maximum absolute atomic E-state index is 12.8. The van der Waals surface area contributed by atoms with E-state index in [2.05, 4.69) is 5.43 Å². The molecule has 9 nitrogen and oxygen atoms in total. The Kier molecular flexibility index (Phi) is 7.74. The van der Waals surface area contributed by atoms with E-state index in [-0.39, 0.29) is 9.22 Å². The van der Waals surface area contributed by atoms with Gasteiger partial charge in [0.15, 0.2) is 11.5 Å². The number of amides is 2. The highest BCUT2D eigenvalue weighted by molar-refractivity contribution is 8.26. The van der Waals surface area contributed by atoms with Crippen molar-refractivity contribution in [2.24, 2.45) is 0 Å². The van der Waals surface area contributed by atoms with Crippen LogP contribution in [0.5, 0.6) is 11.5 Å². The van der Waals surface area contributed by atoms with Gasteiger partial charge in [0, 0.05) is 0 Å². The van der Waals surface area contributed by atoms with Gasteiger partial charge in [-0.3, -0.25) is 19.9 Å². The topological polar surface area (TPSA) is 114 Å². The molecule has 0 atom stereocenters. The lowest BCUT2D eigenvalue weighted by Gasteiger charge is -2.14. The number of thioether (sulfide) groups is 1. The van der Waals surface area contributed by atoms with E-state index in [4.69, 9.17) is 21.7 Å². The lowest BCUT2D eigenvalue weighted by molar-refractivity contribution is -0.128. The molecule has 2 amide bonds. The number of ether oxygens (including phenoxy) is 2. The molecule has 0 aliphatic carbocycles. The van der Waals surface area contributed by atoms with Gasteiger partial charge < -0.3 is 9.47 Å². The number of hydrogen-bond donors (Lipinski definition) is 2. The molecule has 1 saturated heterocycles. The number of thiocarbonyl (C=S) groups is 1. The first kappa shape index (κ1) is 24.7. The molecule has 0 aromatic heterocycles. The van der Waals surface area contributed by atoms with Gasteiger partial charge in [-0.25, -0.2) is 8.42 Å².